The van der Waals surface area contributed by atoms with Gasteiger partial charge in [-0.15, -0.1) is 0 Å². The van der Waals surface area contributed by atoms with Gasteiger partial charge in [0.1, 0.15) is 0 Å². The first-order valence-electron chi connectivity index (χ1n) is 8.84. The van der Waals surface area contributed by atoms with Crippen LogP contribution in [0.25, 0.3) is 0 Å². The average Bonchev–Trinajstić information content (AvgIpc) is 2.54. The lowest BCUT2D eigenvalue weighted by atomic mass is 10.1. The molecule has 0 bridgehead atoms. The third-order valence-electron chi connectivity index (χ3n) is 3.88. The molecular weight excluding hydrogens is 338 g/mol. The summed E-state index contributed by atoms with van der Waals surface area (Å²) in [7, 11) is -3.48. The molecule has 0 aliphatic rings. The summed E-state index contributed by atoms with van der Waals surface area (Å²) in [6.07, 6.45) is 0.886. The summed E-state index contributed by atoms with van der Waals surface area (Å²) in [5, 5.41) is 5.11. The smallest absolute Gasteiger partial charge is 0.251 e. The highest BCUT2D eigenvalue weighted by atomic mass is 32.2. The zero-order chi connectivity index (χ0) is 19.1. The number of hydrogen-bond donors (Lipinski definition) is 2. The summed E-state index contributed by atoms with van der Waals surface area (Å²) < 4.78 is 26.2. The molecule has 0 aliphatic carbocycles. The lowest BCUT2D eigenvalue weighted by Gasteiger charge is -2.18. The molecule has 0 spiro atoms. The van der Waals surface area contributed by atoms with Crippen LogP contribution < -0.4 is 10.6 Å². The molecule has 0 saturated heterocycles. The van der Waals surface area contributed by atoms with Crippen LogP contribution >= 0.6 is 0 Å². The number of quaternary nitrogens is 1. The van der Waals surface area contributed by atoms with Crippen molar-refractivity contribution in [3.63, 3.8) is 0 Å². The third kappa shape index (κ3) is 6.76. The highest BCUT2D eigenvalue weighted by Gasteiger charge is 2.21. The molecule has 0 heterocycles. The second-order valence-electron chi connectivity index (χ2n) is 7.08. The van der Waals surface area contributed by atoms with Gasteiger partial charge in [0.2, 0.25) is 10.0 Å². The topological polar surface area (TPSA) is 83.1 Å². The maximum absolute atomic E-state index is 12.4. The van der Waals surface area contributed by atoms with Crippen molar-refractivity contribution in [3.05, 3.63) is 29.8 Å². The number of nitrogens with two attached hydrogens (primary N) is 1. The van der Waals surface area contributed by atoms with Crippen molar-refractivity contribution in [1.82, 2.24) is 9.62 Å². The summed E-state index contributed by atoms with van der Waals surface area (Å²) in [5.74, 6) is -0.178. The Morgan fingerprint density at radius 1 is 1.12 bits per heavy atom. The maximum Gasteiger partial charge on any atom is 0.251 e. The normalized spacial score (nSPS) is 12.4. The third-order valence-corrected chi connectivity index (χ3v) is 5.95. The zero-order valence-corrected chi connectivity index (χ0v) is 16.8. The Morgan fingerprint density at radius 2 is 1.68 bits per heavy atom. The SMILES string of the molecule is CCN(CC)S(=O)(=O)c1ccc(C(=O)NCCC[NH2+]C(C)(C)C)cc1. The van der Waals surface area contributed by atoms with E-state index in [-0.39, 0.29) is 16.3 Å². The van der Waals surface area contributed by atoms with Crippen LogP contribution in [0.4, 0.5) is 0 Å². The first-order valence-corrected chi connectivity index (χ1v) is 10.3. The molecule has 6 nitrogen and oxygen atoms in total. The van der Waals surface area contributed by atoms with Crippen molar-refractivity contribution < 1.29 is 18.5 Å². The molecule has 1 aromatic carbocycles. The number of carbonyl (C=O) groups excluding carboxylic acids is 1. The van der Waals surface area contributed by atoms with Crippen LogP contribution in [0, 0.1) is 0 Å². The molecule has 0 saturated carbocycles. The lowest BCUT2D eigenvalue weighted by molar-refractivity contribution is -0.717. The van der Waals surface area contributed by atoms with Crippen molar-refractivity contribution in [2.75, 3.05) is 26.2 Å². The molecule has 0 aliphatic heterocycles. The molecular formula is C18H32N3O3S+. The number of carbonyl (C=O) groups is 1. The number of sulfonamides is 1. The van der Waals surface area contributed by atoms with E-state index in [4.69, 9.17) is 0 Å². The van der Waals surface area contributed by atoms with Crippen LogP contribution in [-0.4, -0.2) is 50.3 Å². The number of nitrogens with one attached hydrogen (secondary N) is 1. The summed E-state index contributed by atoms with van der Waals surface area (Å²) in [5.41, 5.74) is 0.661. The molecule has 1 amide bonds. The molecule has 1 rings (SSSR count). The Labute approximate surface area is 152 Å². The van der Waals surface area contributed by atoms with Gasteiger partial charge in [-0.05, 0) is 45.0 Å². The minimum Gasteiger partial charge on any atom is -0.352 e. The monoisotopic (exact) mass is 370 g/mol. The summed E-state index contributed by atoms with van der Waals surface area (Å²) in [6.45, 7) is 12.5. The van der Waals surface area contributed by atoms with Crippen LogP contribution in [-0.2, 0) is 10.0 Å². The number of nitrogens with zero attached hydrogens (tertiary/aromatic N) is 1. The minimum absolute atomic E-state index is 0.178. The Kier molecular flexibility index (Phi) is 8.05. The predicted octanol–water partition coefficient (Wildman–Crippen LogP) is 1.20. The van der Waals surface area contributed by atoms with E-state index in [1.165, 1.54) is 16.4 Å². The fourth-order valence-electron chi connectivity index (χ4n) is 2.43. The number of rotatable bonds is 9. The van der Waals surface area contributed by atoms with Crippen LogP contribution in [0.3, 0.4) is 0 Å². The first kappa shape index (κ1) is 21.6. The van der Waals surface area contributed by atoms with Crippen molar-refractivity contribution in [3.8, 4) is 0 Å². The molecule has 142 valence electrons. The van der Waals surface area contributed by atoms with Crippen molar-refractivity contribution in [1.29, 1.82) is 0 Å². The van der Waals surface area contributed by atoms with Gasteiger partial charge in [0.25, 0.3) is 5.91 Å². The second-order valence-corrected chi connectivity index (χ2v) is 9.02. The van der Waals surface area contributed by atoms with Crippen molar-refractivity contribution in [2.45, 2.75) is 51.5 Å². The molecule has 0 fully saturated rings. The van der Waals surface area contributed by atoms with Gasteiger partial charge < -0.3 is 10.6 Å². The van der Waals surface area contributed by atoms with E-state index < -0.39 is 10.0 Å². The molecule has 0 atom stereocenters. The van der Waals surface area contributed by atoms with Crippen LogP contribution in [0.2, 0.25) is 0 Å². The fourth-order valence-corrected chi connectivity index (χ4v) is 3.89. The Balaban J connectivity index is 2.60. The molecule has 7 heteroatoms. The predicted molar refractivity (Wildman–Crippen MR) is 100 cm³/mol. The molecule has 25 heavy (non-hydrogen) atoms. The highest BCUT2D eigenvalue weighted by molar-refractivity contribution is 7.89. The van der Waals surface area contributed by atoms with Gasteiger partial charge in [-0.2, -0.15) is 4.31 Å². The van der Waals surface area contributed by atoms with Gasteiger partial charge in [0, 0.05) is 31.6 Å². The summed E-state index contributed by atoms with van der Waals surface area (Å²) >= 11 is 0. The largest absolute Gasteiger partial charge is 0.352 e. The fraction of sp³-hybridized carbons (Fsp3) is 0.611. The van der Waals surface area contributed by atoms with Crippen LogP contribution in [0.5, 0.6) is 0 Å². The van der Waals surface area contributed by atoms with Crippen molar-refractivity contribution in [2.24, 2.45) is 0 Å². The van der Waals surface area contributed by atoms with Gasteiger partial charge in [0.15, 0.2) is 0 Å². The van der Waals surface area contributed by atoms with E-state index in [0.29, 0.717) is 25.2 Å². The maximum atomic E-state index is 12.4. The summed E-state index contributed by atoms with van der Waals surface area (Å²) in [4.78, 5) is 12.3. The van der Waals surface area contributed by atoms with Gasteiger partial charge in [-0.1, -0.05) is 13.8 Å². The van der Waals surface area contributed by atoms with Gasteiger partial charge in [-0.3, -0.25) is 4.79 Å². The quantitative estimate of drug-likeness (QED) is 0.641. The van der Waals surface area contributed by atoms with E-state index >= 15 is 0 Å². The number of hydrogen-bond acceptors (Lipinski definition) is 3. The van der Waals surface area contributed by atoms with Crippen LogP contribution in [0.1, 0.15) is 51.4 Å². The lowest BCUT2D eigenvalue weighted by Crippen LogP contribution is -2.94. The average molecular weight is 371 g/mol. The first-order chi connectivity index (χ1) is 11.6. The second kappa shape index (κ2) is 9.31. The Hall–Kier alpha value is -1.44. The Morgan fingerprint density at radius 3 is 2.16 bits per heavy atom. The molecule has 1 aromatic rings. The molecule has 0 radical (unpaired) electrons. The summed E-state index contributed by atoms with van der Waals surface area (Å²) in [6, 6.07) is 6.12. The molecule has 0 aromatic heterocycles. The molecule has 3 N–H and O–H groups in total. The van der Waals surface area contributed by atoms with Gasteiger partial charge in [0.05, 0.1) is 17.0 Å². The molecule has 0 unspecified atom stereocenters. The van der Waals surface area contributed by atoms with E-state index in [1.54, 1.807) is 26.0 Å². The zero-order valence-electron chi connectivity index (χ0n) is 16.0. The van der Waals surface area contributed by atoms with E-state index in [1.807, 2.05) is 0 Å². The minimum atomic E-state index is -3.48. The van der Waals surface area contributed by atoms with Crippen LogP contribution in [0.15, 0.2) is 29.2 Å². The Bertz CT molecular complexity index is 645. The highest BCUT2D eigenvalue weighted by Crippen LogP contribution is 2.16. The van der Waals surface area contributed by atoms with Gasteiger partial charge >= 0.3 is 0 Å². The standard InChI is InChI=1S/C18H31N3O3S/c1-6-21(7-2)25(23,24)16-11-9-15(10-12-16)17(22)19-13-8-14-20-18(3,4)5/h9-12,20H,6-8,13-14H2,1-5H3,(H,19,22)/p+1. The number of benzene rings is 1. The van der Waals surface area contributed by atoms with E-state index in [0.717, 1.165) is 13.0 Å². The van der Waals surface area contributed by atoms with Crippen molar-refractivity contribution >= 4 is 15.9 Å². The number of amides is 1. The van der Waals surface area contributed by atoms with E-state index in [9.17, 15) is 13.2 Å². The van der Waals surface area contributed by atoms with E-state index in [2.05, 4.69) is 31.4 Å². The van der Waals surface area contributed by atoms with Gasteiger partial charge in [-0.25, -0.2) is 8.42 Å².